The van der Waals surface area contributed by atoms with Crippen molar-refractivity contribution in [3.8, 4) is 0 Å². The number of carboxylic acids is 1. The molecule has 1 heterocycles. The molecule has 100 valence electrons. The number of rotatable bonds is 6. The number of carbonyl (C=O) groups is 2. The quantitative estimate of drug-likeness (QED) is 0.828. The van der Waals surface area contributed by atoms with Crippen LogP contribution in [0, 0.1) is 5.41 Å². The zero-order chi connectivity index (χ0) is 13.8. The summed E-state index contributed by atoms with van der Waals surface area (Å²) in [4.78, 5) is 26.4. The Morgan fingerprint density at radius 3 is 2.67 bits per heavy atom. The molecule has 1 amide bonds. The Hall–Kier alpha value is -1.43. The van der Waals surface area contributed by atoms with Crippen molar-refractivity contribution < 1.29 is 14.7 Å². The number of aromatic carboxylic acids is 1. The Labute approximate surface area is 110 Å². The Kier molecular flexibility index (Phi) is 4.84. The molecule has 0 radical (unpaired) electrons. The second-order valence-electron chi connectivity index (χ2n) is 4.67. The molecule has 1 aromatic rings. The zero-order valence-electron chi connectivity index (χ0n) is 10.8. The van der Waals surface area contributed by atoms with Crippen molar-refractivity contribution >= 4 is 23.2 Å². The highest BCUT2D eigenvalue weighted by molar-refractivity contribution is 7.09. The van der Waals surface area contributed by atoms with Gasteiger partial charge in [-0.05, 0) is 6.42 Å². The molecule has 0 aliphatic carbocycles. The molecule has 1 rings (SSSR count). The van der Waals surface area contributed by atoms with Crippen molar-refractivity contribution in [3.63, 3.8) is 0 Å². The third-order valence-electron chi connectivity index (χ3n) is 2.89. The van der Waals surface area contributed by atoms with Crippen LogP contribution in [0.15, 0.2) is 5.38 Å². The average molecular weight is 270 g/mol. The highest BCUT2D eigenvalue weighted by Gasteiger charge is 2.24. The number of aromatic nitrogens is 1. The van der Waals surface area contributed by atoms with Crippen LogP contribution in [0.1, 0.15) is 42.7 Å². The van der Waals surface area contributed by atoms with E-state index in [1.807, 2.05) is 20.8 Å². The van der Waals surface area contributed by atoms with E-state index in [0.29, 0.717) is 13.0 Å². The Morgan fingerprint density at radius 2 is 2.17 bits per heavy atom. The van der Waals surface area contributed by atoms with E-state index in [-0.39, 0.29) is 17.0 Å². The Bertz CT molecular complexity index is 440. The maximum atomic E-state index is 11.8. The first-order chi connectivity index (χ1) is 8.36. The minimum absolute atomic E-state index is 0.0139. The van der Waals surface area contributed by atoms with Gasteiger partial charge in [-0.2, -0.15) is 0 Å². The van der Waals surface area contributed by atoms with Gasteiger partial charge >= 0.3 is 5.97 Å². The van der Waals surface area contributed by atoms with Crippen LogP contribution in [0.4, 0.5) is 0 Å². The van der Waals surface area contributed by atoms with Crippen LogP contribution in [0.5, 0.6) is 0 Å². The van der Waals surface area contributed by atoms with Gasteiger partial charge in [0.2, 0.25) is 5.91 Å². The molecule has 0 saturated heterocycles. The van der Waals surface area contributed by atoms with Crippen LogP contribution >= 0.6 is 11.3 Å². The monoisotopic (exact) mass is 270 g/mol. The van der Waals surface area contributed by atoms with Gasteiger partial charge in [-0.25, -0.2) is 9.78 Å². The summed E-state index contributed by atoms with van der Waals surface area (Å²) in [6, 6.07) is 0. The topological polar surface area (TPSA) is 79.3 Å². The fraction of sp³-hybridized carbons (Fsp3) is 0.583. The van der Waals surface area contributed by atoms with Gasteiger partial charge in [-0.1, -0.05) is 20.8 Å². The van der Waals surface area contributed by atoms with Gasteiger partial charge in [0.05, 0.1) is 5.01 Å². The molecule has 0 bridgehead atoms. The molecular formula is C12H18N2O3S. The summed E-state index contributed by atoms with van der Waals surface area (Å²) >= 11 is 1.30. The molecular weight excluding hydrogens is 252 g/mol. The summed E-state index contributed by atoms with van der Waals surface area (Å²) < 4.78 is 0. The zero-order valence-corrected chi connectivity index (χ0v) is 11.6. The molecule has 0 saturated carbocycles. The highest BCUT2D eigenvalue weighted by Crippen LogP contribution is 2.19. The average Bonchev–Trinajstić information content (AvgIpc) is 2.77. The van der Waals surface area contributed by atoms with Crippen molar-refractivity contribution in [1.29, 1.82) is 0 Å². The van der Waals surface area contributed by atoms with Gasteiger partial charge < -0.3 is 10.4 Å². The second-order valence-corrected chi connectivity index (χ2v) is 5.62. The molecule has 0 spiro atoms. The van der Waals surface area contributed by atoms with E-state index < -0.39 is 5.97 Å². The number of amides is 1. The van der Waals surface area contributed by atoms with Crippen LogP contribution in [0.3, 0.4) is 0 Å². The fourth-order valence-corrected chi connectivity index (χ4v) is 1.98. The molecule has 0 atom stereocenters. The van der Waals surface area contributed by atoms with Gasteiger partial charge in [-0.3, -0.25) is 4.79 Å². The van der Waals surface area contributed by atoms with E-state index in [4.69, 9.17) is 5.11 Å². The van der Waals surface area contributed by atoms with Crippen LogP contribution in [-0.4, -0.2) is 28.5 Å². The van der Waals surface area contributed by atoms with Crippen LogP contribution in [-0.2, 0) is 11.2 Å². The summed E-state index contributed by atoms with van der Waals surface area (Å²) in [5, 5.41) is 13.8. The van der Waals surface area contributed by atoms with E-state index in [9.17, 15) is 9.59 Å². The largest absolute Gasteiger partial charge is 0.476 e. The van der Waals surface area contributed by atoms with Crippen molar-refractivity contribution in [2.24, 2.45) is 5.41 Å². The predicted molar refractivity (Wildman–Crippen MR) is 69.9 cm³/mol. The van der Waals surface area contributed by atoms with E-state index in [1.54, 1.807) is 0 Å². The maximum Gasteiger partial charge on any atom is 0.355 e. The molecule has 0 unspecified atom stereocenters. The second kappa shape index (κ2) is 5.95. The predicted octanol–water partition coefficient (Wildman–Crippen LogP) is 1.94. The third-order valence-corrected chi connectivity index (χ3v) is 3.80. The van der Waals surface area contributed by atoms with Gasteiger partial charge in [0.15, 0.2) is 5.69 Å². The van der Waals surface area contributed by atoms with Crippen LogP contribution in [0.25, 0.3) is 0 Å². The lowest BCUT2D eigenvalue weighted by Gasteiger charge is -2.21. The summed E-state index contributed by atoms with van der Waals surface area (Å²) in [7, 11) is 0. The number of carbonyl (C=O) groups excluding carboxylic acids is 1. The Balaban J connectivity index is 2.42. The van der Waals surface area contributed by atoms with Crippen molar-refractivity contribution in [3.05, 3.63) is 16.1 Å². The molecule has 0 aliphatic rings. The maximum absolute atomic E-state index is 11.8. The van der Waals surface area contributed by atoms with E-state index in [1.165, 1.54) is 16.7 Å². The summed E-state index contributed by atoms with van der Waals surface area (Å²) in [6.45, 7) is 6.25. The van der Waals surface area contributed by atoms with Crippen LogP contribution < -0.4 is 5.32 Å². The number of nitrogens with one attached hydrogen (secondary N) is 1. The van der Waals surface area contributed by atoms with Crippen LogP contribution in [0.2, 0.25) is 0 Å². The lowest BCUT2D eigenvalue weighted by Crippen LogP contribution is -2.37. The van der Waals surface area contributed by atoms with E-state index in [2.05, 4.69) is 10.3 Å². The first-order valence-corrected chi connectivity index (χ1v) is 6.70. The lowest BCUT2D eigenvalue weighted by molar-refractivity contribution is -0.129. The van der Waals surface area contributed by atoms with Gasteiger partial charge in [0.1, 0.15) is 0 Å². The van der Waals surface area contributed by atoms with Crippen molar-refractivity contribution in [1.82, 2.24) is 10.3 Å². The number of thiazole rings is 1. The normalized spacial score (nSPS) is 11.3. The summed E-state index contributed by atoms with van der Waals surface area (Å²) in [6.07, 6.45) is 1.34. The number of hydrogen-bond donors (Lipinski definition) is 2. The van der Waals surface area contributed by atoms with Gasteiger partial charge in [-0.15, -0.1) is 11.3 Å². The molecule has 0 aromatic carbocycles. The summed E-state index contributed by atoms with van der Waals surface area (Å²) in [5.74, 6) is -1.01. The molecule has 6 heteroatoms. The number of hydrogen-bond acceptors (Lipinski definition) is 4. The SMILES string of the molecule is CCC(C)(C)C(=O)NCCc1nc(C(=O)O)cs1. The molecule has 2 N–H and O–H groups in total. The van der Waals surface area contributed by atoms with Crippen molar-refractivity contribution in [2.45, 2.75) is 33.6 Å². The highest BCUT2D eigenvalue weighted by atomic mass is 32.1. The molecule has 5 nitrogen and oxygen atoms in total. The summed E-state index contributed by atoms with van der Waals surface area (Å²) in [5.41, 5.74) is -0.301. The number of carboxylic acid groups (broad SMARTS) is 1. The number of nitrogens with zero attached hydrogens (tertiary/aromatic N) is 1. The van der Waals surface area contributed by atoms with E-state index in [0.717, 1.165) is 11.4 Å². The lowest BCUT2D eigenvalue weighted by atomic mass is 9.89. The van der Waals surface area contributed by atoms with Crippen molar-refractivity contribution in [2.75, 3.05) is 6.54 Å². The minimum atomic E-state index is -1.02. The smallest absolute Gasteiger partial charge is 0.355 e. The third kappa shape index (κ3) is 3.80. The molecule has 0 fully saturated rings. The standard InChI is InChI=1S/C12H18N2O3S/c1-4-12(2,3)11(17)13-6-5-9-14-8(7-18-9)10(15)16/h7H,4-6H2,1-3H3,(H,13,17)(H,15,16). The van der Waals surface area contributed by atoms with E-state index >= 15 is 0 Å². The van der Waals surface area contributed by atoms with Gasteiger partial charge in [0, 0.05) is 23.8 Å². The molecule has 18 heavy (non-hydrogen) atoms. The first kappa shape index (κ1) is 14.6. The fourth-order valence-electron chi connectivity index (χ4n) is 1.21. The first-order valence-electron chi connectivity index (χ1n) is 5.83. The molecule has 1 aromatic heterocycles. The van der Waals surface area contributed by atoms with Gasteiger partial charge in [0.25, 0.3) is 0 Å². The Morgan fingerprint density at radius 1 is 1.50 bits per heavy atom. The minimum Gasteiger partial charge on any atom is -0.476 e. The molecule has 0 aliphatic heterocycles.